The molecule has 0 fully saturated rings. The van der Waals surface area contributed by atoms with Crippen LogP contribution >= 0.6 is 27.7 Å². The van der Waals surface area contributed by atoms with Crippen LogP contribution in [0.1, 0.15) is 12.0 Å². The van der Waals surface area contributed by atoms with E-state index in [1.165, 1.54) is 10.5 Å². The molecule has 0 amide bonds. The maximum absolute atomic E-state index is 5.69. The van der Waals surface area contributed by atoms with E-state index in [1.807, 2.05) is 11.8 Å². The molecule has 0 aromatic heterocycles. The van der Waals surface area contributed by atoms with Gasteiger partial charge >= 0.3 is 0 Å². The lowest BCUT2D eigenvalue weighted by molar-refractivity contribution is 0.200. The van der Waals surface area contributed by atoms with Crippen molar-refractivity contribution < 1.29 is 4.74 Å². The van der Waals surface area contributed by atoms with Gasteiger partial charge in [0.15, 0.2) is 0 Å². The van der Waals surface area contributed by atoms with Crippen LogP contribution in [0.5, 0.6) is 0 Å². The molecule has 0 aliphatic heterocycles. The van der Waals surface area contributed by atoms with Crippen LogP contribution in [0.15, 0.2) is 27.6 Å². The lowest BCUT2D eigenvalue weighted by Crippen LogP contribution is -1.99. The Bertz CT molecular complexity index is 307. The molecule has 0 saturated heterocycles. The number of thioether (sulfide) groups is 1. The zero-order chi connectivity index (χ0) is 11.1. The Morgan fingerprint density at radius 1 is 1.47 bits per heavy atom. The summed E-state index contributed by atoms with van der Waals surface area (Å²) in [5.41, 5.74) is 6.89. The summed E-state index contributed by atoms with van der Waals surface area (Å²) >= 11 is 5.28. The van der Waals surface area contributed by atoms with Crippen molar-refractivity contribution in [1.29, 1.82) is 0 Å². The fourth-order valence-electron chi connectivity index (χ4n) is 1.23. The average Bonchev–Trinajstić information content (AvgIpc) is 2.26. The molecule has 0 unspecified atom stereocenters. The topological polar surface area (TPSA) is 35.2 Å². The second kappa shape index (κ2) is 7.28. The van der Waals surface area contributed by atoms with Crippen molar-refractivity contribution in [3.8, 4) is 0 Å². The maximum atomic E-state index is 5.69. The lowest BCUT2D eigenvalue weighted by atomic mass is 10.2. The minimum Gasteiger partial charge on any atom is -0.385 e. The Labute approximate surface area is 104 Å². The van der Waals surface area contributed by atoms with E-state index >= 15 is 0 Å². The van der Waals surface area contributed by atoms with Crippen molar-refractivity contribution in [2.75, 3.05) is 19.5 Å². The van der Waals surface area contributed by atoms with Crippen molar-refractivity contribution in [3.05, 3.63) is 28.2 Å². The first kappa shape index (κ1) is 13.0. The van der Waals surface area contributed by atoms with Gasteiger partial charge in [-0.1, -0.05) is 15.9 Å². The van der Waals surface area contributed by atoms with E-state index < -0.39 is 0 Å². The van der Waals surface area contributed by atoms with Crippen LogP contribution in [0.4, 0.5) is 0 Å². The molecule has 1 rings (SSSR count). The third kappa shape index (κ3) is 4.55. The number of ether oxygens (including phenoxy) is 1. The number of rotatable bonds is 6. The molecule has 0 spiro atoms. The fourth-order valence-corrected chi connectivity index (χ4v) is 2.62. The standard InChI is InChI=1S/C11H16BrNOS/c1-14-5-2-6-15-11-4-3-10(12)7-9(11)8-13/h3-4,7H,2,5-6,8,13H2,1H3. The molecule has 2 N–H and O–H groups in total. The second-order valence-electron chi connectivity index (χ2n) is 3.15. The predicted octanol–water partition coefficient (Wildman–Crippen LogP) is 3.04. The highest BCUT2D eigenvalue weighted by atomic mass is 79.9. The molecular weight excluding hydrogens is 274 g/mol. The molecule has 0 aliphatic carbocycles. The lowest BCUT2D eigenvalue weighted by Gasteiger charge is -2.07. The van der Waals surface area contributed by atoms with Crippen LogP contribution in [0, 0.1) is 0 Å². The van der Waals surface area contributed by atoms with Crippen LogP contribution in [0.3, 0.4) is 0 Å². The summed E-state index contributed by atoms with van der Waals surface area (Å²) in [6.07, 6.45) is 1.07. The molecule has 1 aromatic rings. The van der Waals surface area contributed by atoms with Gasteiger partial charge in [-0.05, 0) is 30.2 Å². The quantitative estimate of drug-likeness (QED) is 0.646. The van der Waals surface area contributed by atoms with E-state index in [0.717, 1.165) is 23.3 Å². The highest BCUT2D eigenvalue weighted by molar-refractivity contribution is 9.10. The van der Waals surface area contributed by atoms with Crippen LogP contribution in [0.2, 0.25) is 0 Å². The number of benzene rings is 1. The minimum atomic E-state index is 0.589. The summed E-state index contributed by atoms with van der Waals surface area (Å²) < 4.78 is 6.10. The summed E-state index contributed by atoms with van der Waals surface area (Å²) in [6.45, 7) is 1.41. The minimum absolute atomic E-state index is 0.589. The largest absolute Gasteiger partial charge is 0.385 e. The molecule has 15 heavy (non-hydrogen) atoms. The van der Waals surface area contributed by atoms with Gasteiger partial charge < -0.3 is 10.5 Å². The van der Waals surface area contributed by atoms with Crippen molar-refractivity contribution in [2.45, 2.75) is 17.9 Å². The summed E-state index contributed by atoms with van der Waals surface area (Å²) in [5, 5.41) is 0. The van der Waals surface area contributed by atoms with Crippen LogP contribution < -0.4 is 5.73 Å². The SMILES string of the molecule is COCCCSc1ccc(Br)cc1CN. The van der Waals surface area contributed by atoms with E-state index in [2.05, 4.69) is 34.1 Å². The molecule has 0 heterocycles. The van der Waals surface area contributed by atoms with Gasteiger partial charge in [-0.2, -0.15) is 0 Å². The van der Waals surface area contributed by atoms with Gasteiger partial charge in [0.1, 0.15) is 0 Å². The smallest absolute Gasteiger partial charge is 0.0470 e. The molecule has 84 valence electrons. The Kier molecular flexibility index (Phi) is 6.32. The molecule has 2 nitrogen and oxygen atoms in total. The molecule has 0 bridgehead atoms. The van der Waals surface area contributed by atoms with Gasteiger partial charge in [0.2, 0.25) is 0 Å². The normalized spacial score (nSPS) is 10.6. The van der Waals surface area contributed by atoms with Gasteiger partial charge in [-0.15, -0.1) is 11.8 Å². The van der Waals surface area contributed by atoms with Crippen molar-refractivity contribution in [2.24, 2.45) is 5.73 Å². The average molecular weight is 290 g/mol. The number of hydrogen-bond acceptors (Lipinski definition) is 3. The highest BCUT2D eigenvalue weighted by Crippen LogP contribution is 2.26. The monoisotopic (exact) mass is 289 g/mol. The van der Waals surface area contributed by atoms with E-state index in [0.29, 0.717) is 6.54 Å². The number of methoxy groups -OCH3 is 1. The molecule has 1 aromatic carbocycles. The highest BCUT2D eigenvalue weighted by Gasteiger charge is 2.02. The van der Waals surface area contributed by atoms with E-state index in [9.17, 15) is 0 Å². The van der Waals surface area contributed by atoms with Crippen molar-refractivity contribution in [3.63, 3.8) is 0 Å². The summed E-state index contributed by atoms with van der Waals surface area (Å²) in [6, 6.07) is 6.25. The fraction of sp³-hybridized carbons (Fsp3) is 0.455. The van der Waals surface area contributed by atoms with Gasteiger partial charge in [0.05, 0.1) is 0 Å². The van der Waals surface area contributed by atoms with Crippen LogP contribution in [-0.4, -0.2) is 19.5 Å². The van der Waals surface area contributed by atoms with E-state index in [1.54, 1.807) is 7.11 Å². The van der Waals surface area contributed by atoms with Crippen molar-refractivity contribution >= 4 is 27.7 Å². The Balaban J connectivity index is 2.52. The Morgan fingerprint density at radius 2 is 2.27 bits per heavy atom. The van der Waals surface area contributed by atoms with Crippen molar-refractivity contribution in [1.82, 2.24) is 0 Å². The third-order valence-electron chi connectivity index (χ3n) is 1.99. The molecule has 0 atom stereocenters. The van der Waals surface area contributed by atoms with E-state index in [4.69, 9.17) is 10.5 Å². The van der Waals surface area contributed by atoms with Gasteiger partial charge in [-0.3, -0.25) is 0 Å². The van der Waals surface area contributed by atoms with E-state index in [-0.39, 0.29) is 0 Å². The number of nitrogens with two attached hydrogens (primary N) is 1. The zero-order valence-corrected chi connectivity index (χ0v) is 11.2. The summed E-state index contributed by atoms with van der Waals surface area (Å²) in [5.74, 6) is 1.07. The second-order valence-corrected chi connectivity index (χ2v) is 5.20. The first-order valence-corrected chi connectivity index (χ1v) is 6.66. The summed E-state index contributed by atoms with van der Waals surface area (Å²) in [4.78, 5) is 1.27. The Hall–Kier alpha value is -0.0300. The van der Waals surface area contributed by atoms with Gasteiger partial charge in [0.25, 0.3) is 0 Å². The molecular formula is C11H16BrNOS. The molecule has 0 aliphatic rings. The molecule has 0 radical (unpaired) electrons. The first-order chi connectivity index (χ1) is 7.27. The maximum Gasteiger partial charge on any atom is 0.0470 e. The summed E-state index contributed by atoms with van der Waals surface area (Å²) in [7, 11) is 1.73. The van der Waals surface area contributed by atoms with Gasteiger partial charge in [0, 0.05) is 35.4 Å². The molecule has 0 saturated carbocycles. The first-order valence-electron chi connectivity index (χ1n) is 4.88. The predicted molar refractivity (Wildman–Crippen MR) is 69.3 cm³/mol. The number of hydrogen-bond donors (Lipinski definition) is 1. The van der Waals surface area contributed by atoms with Crippen LogP contribution in [-0.2, 0) is 11.3 Å². The number of halogens is 1. The van der Waals surface area contributed by atoms with Gasteiger partial charge in [-0.25, -0.2) is 0 Å². The zero-order valence-electron chi connectivity index (χ0n) is 8.83. The molecule has 4 heteroatoms. The Morgan fingerprint density at radius 3 is 2.93 bits per heavy atom. The third-order valence-corrected chi connectivity index (χ3v) is 3.69. The van der Waals surface area contributed by atoms with Crippen LogP contribution in [0.25, 0.3) is 0 Å².